The molecule has 8 heteroatoms. The van der Waals surface area contributed by atoms with E-state index in [1.165, 1.54) is 13.5 Å². The summed E-state index contributed by atoms with van der Waals surface area (Å²) in [6.07, 6.45) is 6.22. The van der Waals surface area contributed by atoms with Gasteiger partial charge in [0.15, 0.2) is 0 Å². The molecule has 150 valence electrons. The molecule has 2 heterocycles. The lowest BCUT2D eigenvalue weighted by Crippen LogP contribution is -2.52. The van der Waals surface area contributed by atoms with Crippen molar-refractivity contribution >= 4 is 23.8 Å². The Morgan fingerprint density at radius 3 is 2.33 bits per heavy atom. The number of likely N-dealkylation sites (tertiary alicyclic amines) is 1. The Kier molecular flexibility index (Phi) is 5.72. The number of ether oxygens (including phenoxy) is 1. The lowest BCUT2D eigenvalue weighted by Gasteiger charge is -2.34. The van der Waals surface area contributed by atoms with Crippen molar-refractivity contribution in [3.63, 3.8) is 0 Å². The molecule has 0 unspecified atom stereocenters. The Bertz CT molecular complexity index is 623. The second-order valence-electron chi connectivity index (χ2n) is 8.04. The molecule has 3 aliphatic rings. The average molecular weight is 379 g/mol. The minimum atomic E-state index is -0.907. The number of carbonyl (C=O) groups excluding carboxylic acids is 4. The molecule has 0 spiro atoms. The molecule has 2 saturated heterocycles. The summed E-state index contributed by atoms with van der Waals surface area (Å²) in [4.78, 5) is 52.2. The van der Waals surface area contributed by atoms with Crippen LogP contribution in [0, 0.1) is 11.8 Å². The Balaban J connectivity index is 1.59. The first-order valence-corrected chi connectivity index (χ1v) is 9.86. The zero-order chi connectivity index (χ0) is 19.6. The largest absolute Gasteiger partial charge is 0.469 e. The molecular formula is C19H29N3O5. The van der Waals surface area contributed by atoms with Gasteiger partial charge in [-0.15, -0.1) is 0 Å². The van der Waals surface area contributed by atoms with Crippen molar-refractivity contribution in [1.82, 2.24) is 15.1 Å². The van der Waals surface area contributed by atoms with Gasteiger partial charge in [0.05, 0.1) is 13.0 Å². The van der Waals surface area contributed by atoms with Crippen molar-refractivity contribution in [3.05, 3.63) is 0 Å². The highest BCUT2D eigenvalue weighted by Gasteiger charge is 2.52. The van der Waals surface area contributed by atoms with Crippen LogP contribution in [0.3, 0.4) is 0 Å². The normalized spacial score (nSPS) is 27.6. The summed E-state index contributed by atoms with van der Waals surface area (Å²) in [6.45, 7) is 2.41. The summed E-state index contributed by atoms with van der Waals surface area (Å²) in [6, 6.07) is -0.481. The van der Waals surface area contributed by atoms with E-state index < -0.39 is 11.6 Å². The molecule has 0 radical (unpaired) electrons. The molecule has 3 rings (SSSR count). The molecule has 0 aromatic carbocycles. The van der Waals surface area contributed by atoms with Gasteiger partial charge in [-0.3, -0.25) is 19.3 Å². The zero-order valence-corrected chi connectivity index (χ0v) is 16.2. The highest BCUT2D eigenvalue weighted by molar-refractivity contribution is 6.09. The molecule has 3 fully saturated rings. The quantitative estimate of drug-likeness (QED) is 0.586. The zero-order valence-electron chi connectivity index (χ0n) is 16.2. The van der Waals surface area contributed by atoms with Crippen molar-refractivity contribution in [1.29, 1.82) is 0 Å². The fourth-order valence-electron chi connectivity index (χ4n) is 4.58. The summed E-state index contributed by atoms with van der Waals surface area (Å²) < 4.78 is 4.75. The summed E-state index contributed by atoms with van der Waals surface area (Å²) in [5.74, 6) is -0.865. The van der Waals surface area contributed by atoms with Crippen molar-refractivity contribution in [3.8, 4) is 0 Å². The van der Waals surface area contributed by atoms with Gasteiger partial charge in [-0.1, -0.05) is 19.3 Å². The molecule has 27 heavy (non-hydrogen) atoms. The molecule has 4 amide bonds. The number of carbonyl (C=O) groups is 4. The van der Waals surface area contributed by atoms with Gasteiger partial charge in [0.25, 0.3) is 5.91 Å². The number of piperidine rings is 1. The first-order valence-electron chi connectivity index (χ1n) is 9.86. The van der Waals surface area contributed by atoms with E-state index in [0.29, 0.717) is 25.9 Å². The maximum Gasteiger partial charge on any atom is 0.325 e. The molecule has 1 N–H and O–H groups in total. The second-order valence-corrected chi connectivity index (χ2v) is 8.04. The van der Waals surface area contributed by atoms with Gasteiger partial charge in [0, 0.05) is 13.1 Å². The molecule has 8 nitrogen and oxygen atoms in total. The van der Waals surface area contributed by atoms with E-state index >= 15 is 0 Å². The Hall–Kier alpha value is -2.12. The first kappa shape index (κ1) is 19.6. The van der Waals surface area contributed by atoms with E-state index in [0.717, 1.165) is 30.6 Å². The topological polar surface area (TPSA) is 96.0 Å². The smallest absolute Gasteiger partial charge is 0.325 e. The van der Waals surface area contributed by atoms with Crippen molar-refractivity contribution in [2.45, 2.75) is 57.4 Å². The number of nitrogens with zero attached hydrogens (tertiary/aromatic N) is 2. The summed E-state index contributed by atoms with van der Waals surface area (Å²) in [7, 11) is 1.36. The summed E-state index contributed by atoms with van der Waals surface area (Å²) in [5.41, 5.74) is -0.907. The lowest BCUT2D eigenvalue weighted by atomic mass is 9.75. The third-order valence-electron chi connectivity index (χ3n) is 6.40. The number of amides is 4. The van der Waals surface area contributed by atoms with Crippen molar-refractivity contribution in [2.24, 2.45) is 11.8 Å². The van der Waals surface area contributed by atoms with Crippen LogP contribution in [0.1, 0.15) is 51.9 Å². The Morgan fingerprint density at radius 2 is 1.74 bits per heavy atom. The van der Waals surface area contributed by atoms with Gasteiger partial charge in [0.2, 0.25) is 5.91 Å². The number of esters is 1. The van der Waals surface area contributed by atoms with Crippen LogP contribution < -0.4 is 5.32 Å². The molecule has 1 aliphatic carbocycles. The molecule has 0 bridgehead atoms. The number of hydrogen-bond donors (Lipinski definition) is 1. The van der Waals surface area contributed by atoms with Crippen molar-refractivity contribution < 1.29 is 23.9 Å². The maximum absolute atomic E-state index is 12.9. The van der Waals surface area contributed by atoms with E-state index in [4.69, 9.17) is 4.74 Å². The molecule has 1 atom stereocenters. The molecule has 2 aliphatic heterocycles. The number of nitrogens with one attached hydrogen (secondary N) is 1. The van der Waals surface area contributed by atoms with E-state index in [-0.39, 0.29) is 36.2 Å². The molecule has 0 aromatic rings. The fourth-order valence-corrected chi connectivity index (χ4v) is 4.58. The van der Waals surface area contributed by atoms with Crippen LogP contribution in [-0.4, -0.2) is 65.9 Å². The third kappa shape index (κ3) is 3.80. The third-order valence-corrected chi connectivity index (χ3v) is 6.40. The monoisotopic (exact) mass is 379 g/mol. The SMILES string of the molecule is COC(=O)C1CCN(C(=O)CN2C(=O)N[C@@](C)(C3CCCCC3)C2=O)CC1. The van der Waals surface area contributed by atoms with Crippen LogP contribution in [0.15, 0.2) is 0 Å². The predicted octanol–water partition coefficient (Wildman–Crippen LogP) is 1.29. The van der Waals surface area contributed by atoms with Crippen LogP contribution in [0.25, 0.3) is 0 Å². The highest BCUT2D eigenvalue weighted by atomic mass is 16.5. The Labute approximate surface area is 159 Å². The molecular weight excluding hydrogens is 350 g/mol. The molecule has 1 saturated carbocycles. The van der Waals surface area contributed by atoms with Crippen LogP contribution in [0.4, 0.5) is 4.79 Å². The first-order chi connectivity index (χ1) is 12.9. The van der Waals surface area contributed by atoms with E-state index in [1.807, 2.05) is 0 Å². The lowest BCUT2D eigenvalue weighted by molar-refractivity contribution is -0.149. The van der Waals surface area contributed by atoms with Gasteiger partial charge in [-0.2, -0.15) is 0 Å². The number of urea groups is 1. The second kappa shape index (κ2) is 7.86. The van der Waals surface area contributed by atoms with Crippen LogP contribution in [0.2, 0.25) is 0 Å². The predicted molar refractivity (Wildman–Crippen MR) is 96.5 cm³/mol. The van der Waals surface area contributed by atoms with Crippen molar-refractivity contribution in [2.75, 3.05) is 26.7 Å². The number of methoxy groups -OCH3 is 1. The van der Waals surface area contributed by atoms with Crippen LogP contribution in [0.5, 0.6) is 0 Å². The average Bonchev–Trinajstić information content (AvgIpc) is 2.92. The Morgan fingerprint density at radius 1 is 1.11 bits per heavy atom. The minimum absolute atomic E-state index is 0.124. The van der Waals surface area contributed by atoms with E-state index in [1.54, 1.807) is 11.8 Å². The number of rotatable bonds is 4. The van der Waals surface area contributed by atoms with Gasteiger partial charge < -0.3 is 15.0 Å². The van der Waals surface area contributed by atoms with Gasteiger partial charge in [-0.05, 0) is 38.5 Å². The van der Waals surface area contributed by atoms with Crippen LogP contribution in [-0.2, 0) is 19.1 Å². The highest BCUT2D eigenvalue weighted by Crippen LogP contribution is 2.36. The minimum Gasteiger partial charge on any atom is -0.469 e. The summed E-state index contributed by atoms with van der Waals surface area (Å²) in [5, 5.41) is 2.84. The standard InChI is InChI=1S/C19H29N3O5/c1-19(14-6-4-3-5-7-14)17(25)22(18(26)20-19)12-15(23)21-10-8-13(9-11-21)16(24)27-2/h13-14H,3-12H2,1-2H3,(H,20,26)/t19-/m0/s1. The van der Waals surface area contributed by atoms with E-state index in [9.17, 15) is 19.2 Å². The number of hydrogen-bond acceptors (Lipinski definition) is 5. The van der Waals surface area contributed by atoms with Gasteiger partial charge in [-0.25, -0.2) is 4.79 Å². The maximum atomic E-state index is 12.9. The fraction of sp³-hybridized carbons (Fsp3) is 0.789. The van der Waals surface area contributed by atoms with Gasteiger partial charge >= 0.3 is 12.0 Å². The number of imide groups is 1. The van der Waals surface area contributed by atoms with Gasteiger partial charge in [0.1, 0.15) is 12.1 Å². The van der Waals surface area contributed by atoms with Crippen LogP contribution >= 0.6 is 0 Å². The summed E-state index contributed by atoms with van der Waals surface area (Å²) >= 11 is 0. The molecule has 0 aromatic heterocycles. The van der Waals surface area contributed by atoms with E-state index in [2.05, 4.69) is 5.32 Å².